The Morgan fingerprint density at radius 1 is 1.20 bits per heavy atom. The second-order valence-electron chi connectivity index (χ2n) is 7.21. The zero-order valence-corrected chi connectivity index (χ0v) is 18.5. The van der Waals surface area contributed by atoms with Crippen molar-refractivity contribution in [1.82, 2.24) is 15.1 Å². The predicted octanol–water partition coefficient (Wildman–Crippen LogP) is 5.12. The van der Waals surface area contributed by atoms with Gasteiger partial charge in [-0.25, -0.2) is 4.68 Å². The van der Waals surface area contributed by atoms with Gasteiger partial charge in [0.05, 0.1) is 16.7 Å². The number of thioether (sulfide) groups is 1. The third-order valence-electron chi connectivity index (χ3n) is 4.52. The second-order valence-corrected chi connectivity index (χ2v) is 8.93. The number of thiocarbonyl (C=S) groups is 1. The van der Waals surface area contributed by atoms with Gasteiger partial charge in [-0.2, -0.15) is 5.10 Å². The highest BCUT2D eigenvalue weighted by molar-refractivity contribution is 8.26. The van der Waals surface area contributed by atoms with Crippen molar-refractivity contribution in [2.24, 2.45) is 0 Å². The lowest BCUT2D eigenvalue weighted by Gasteiger charge is -2.12. The van der Waals surface area contributed by atoms with Crippen LogP contribution in [0.15, 0.2) is 59.6 Å². The highest BCUT2D eigenvalue weighted by Gasteiger charge is 2.23. The number of rotatable bonds is 5. The molecule has 2 aromatic carbocycles. The molecule has 1 aromatic heterocycles. The van der Waals surface area contributed by atoms with Crippen molar-refractivity contribution in [2.75, 3.05) is 0 Å². The van der Waals surface area contributed by atoms with Crippen LogP contribution >= 0.6 is 24.0 Å². The summed E-state index contributed by atoms with van der Waals surface area (Å²) in [7, 11) is 0. The Morgan fingerprint density at radius 3 is 2.60 bits per heavy atom. The van der Waals surface area contributed by atoms with Gasteiger partial charge in [-0.15, -0.1) is 0 Å². The highest BCUT2D eigenvalue weighted by atomic mass is 32.2. The molecular formula is C23H21N3O2S2. The van der Waals surface area contributed by atoms with E-state index in [2.05, 4.69) is 5.32 Å². The molecule has 0 unspecified atom stereocenters. The Labute approximate surface area is 185 Å². The predicted molar refractivity (Wildman–Crippen MR) is 126 cm³/mol. The number of benzene rings is 2. The van der Waals surface area contributed by atoms with E-state index in [1.54, 1.807) is 0 Å². The molecule has 4 rings (SSSR count). The molecule has 1 aliphatic heterocycles. The molecule has 0 spiro atoms. The minimum absolute atomic E-state index is 0.106. The zero-order valence-electron chi connectivity index (χ0n) is 16.9. The van der Waals surface area contributed by atoms with E-state index in [9.17, 15) is 4.79 Å². The van der Waals surface area contributed by atoms with E-state index in [1.165, 1.54) is 11.8 Å². The number of nitrogens with zero attached hydrogens (tertiary/aromatic N) is 2. The van der Waals surface area contributed by atoms with Gasteiger partial charge in [0.2, 0.25) is 0 Å². The standard InChI is InChI=1S/C23H21N3O2S2/c1-14(2)28-18-9-10-19(15(3)11-18)21-16(12-20-22(27)24-23(29)30-20)13-26(25-21)17-7-5-4-6-8-17/h4-14H,1-3H3,(H,24,27,29). The fourth-order valence-corrected chi connectivity index (χ4v) is 4.26. The lowest BCUT2D eigenvalue weighted by molar-refractivity contribution is -0.115. The van der Waals surface area contributed by atoms with Crippen LogP contribution in [0.1, 0.15) is 25.0 Å². The van der Waals surface area contributed by atoms with Crippen molar-refractivity contribution < 1.29 is 9.53 Å². The van der Waals surface area contributed by atoms with Crippen molar-refractivity contribution in [3.8, 4) is 22.7 Å². The largest absolute Gasteiger partial charge is 0.491 e. The summed E-state index contributed by atoms with van der Waals surface area (Å²) in [6, 6.07) is 15.9. The van der Waals surface area contributed by atoms with Crippen LogP contribution in [0.2, 0.25) is 0 Å². The number of ether oxygens (including phenoxy) is 1. The van der Waals surface area contributed by atoms with Gasteiger partial charge >= 0.3 is 0 Å². The molecule has 1 saturated heterocycles. The molecule has 0 radical (unpaired) electrons. The SMILES string of the molecule is Cc1cc(OC(C)C)ccc1-c1nn(-c2ccccc2)cc1C=C1SC(=S)NC1=O. The molecule has 7 heteroatoms. The van der Waals surface area contributed by atoms with Gasteiger partial charge in [0, 0.05) is 17.3 Å². The first kappa shape index (κ1) is 20.4. The Kier molecular flexibility index (Phi) is 5.74. The van der Waals surface area contributed by atoms with Gasteiger partial charge in [-0.05, 0) is 62.7 Å². The van der Waals surface area contributed by atoms with E-state index < -0.39 is 0 Å². The Hall–Kier alpha value is -2.90. The van der Waals surface area contributed by atoms with E-state index in [1.807, 2.05) is 86.3 Å². The van der Waals surface area contributed by atoms with Crippen LogP contribution < -0.4 is 10.1 Å². The summed E-state index contributed by atoms with van der Waals surface area (Å²) in [4.78, 5) is 12.8. The second kappa shape index (κ2) is 8.45. The zero-order chi connectivity index (χ0) is 21.3. The molecule has 1 N–H and O–H groups in total. The normalized spacial score (nSPS) is 15.1. The molecular weight excluding hydrogens is 414 g/mol. The average Bonchev–Trinajstić information content (AvgIpc) is 3.25. The number of para-hydroxylation sites is 1. The molecule has 3 aromatic rings. The first-order valence-corrected chi connectivity index (χ1v) is 10.8. The molecule has 1 fully saturated rings. The summed E-state index contributed by atoms with van der Waals surface area (Å²) in [6.45, 7) is 6.04. The van der Waals surface area contributed by atoms with E-state index in [0.29, 0.717) is 9.23 Å². The van der Waals surface area contributed by atoms with Crippen LogP contribution in [-0.2, 0) is 4.79 Å². The number of hydrogen-bond donors (Lipinski definition) is 1. The maximum Gasteiger partial charge on any atom is 0.263 e. The van der Waals surface area contributed by atoms with Crippen LogP contribution in [0.5, 0.6) is 5.75 Å². The van der Waals surface area contributed by atoms with Crippen LogP contribution in [0, 0.1) is 6.92 Å². The molecule has 0 saturated carbocycles. The molecule has 0 atom stereocenters. The van der Waals surface area contributed by atoms with Gasteiger partial charge in [-0.1, -0.05) is 42.2 Å². The third kappa shape index (κ3) is 4.32. The molecule has 0 aliphatic carbocycles. The van der Waals surface area contributed by atoms with E-state index in [4.69, 9.17) is 22.1 Å². The summed E-state index contributed by atoms with van der Waals surface area (Å²) < 4.78 is 8.11. The molecule has 152 valence electrons. The number of nitrogens with one attached hydrogen (secondary N) is 1. The molecule has 2 heterocycles. The van der Waals surface area contributed by atoms with Gasteiger partial charge < -0.3 is 10.1 Å². The third-order valence-corrected chi connectivity index (χ3v) is 5.68. The smallest absolute Gasteiger partial charge is 0.263 e. The van der Waals surface area contributed by atoms with Crippen molar-refractivity contribution >= 4 is 40.3 Å². The first-order chi connectivity index (χ1) is 14.4. The molecule has 1 aliphatic rings. The summed E-state index contributed by atoms with van der Waals surface area (Å²) >= 11 is 6.39. The lowest BCUT2D eigenvalue weighted by Crippen LogP contribution is -2.17. The number of carbonyl (C=O) groups is 1. The van der Waals surface area contributed by atoms with Crippen molar-refractivity contribution in [3.63, 3.8) is 0 Å². The molecule has 30 heavy (non-hydrogen) atoms. The summed E-state index contributed by atoms with van der Waals surface area (Å²) in [5.74, 6) is 0.644. The van der Waals surface area contributed by atoms with Gasteiger partial charge in [0.25, 0.3) is 5.91 Å². The maximum atomic E-state index is 12.2. The summed E-state index contributed by atoms with van der Waals surface area (Å²) in [6.07, 6.45) is 3.89. The number of hydrogen-bond acceptors (Lipinski definition) is 5. The Morgan fingerprint density at radius 2 is 1.97 bits per heavy atom. The quantitative estimate of drug-likeness (QED) is 0.445. The van der Waals surface area contributed by atoms with Crippen LogP contribution in [0.25, 0.3) is 23.0 Å². The minimum Gasteiger partial charge on any atom is -0.491 e. The fraction of sp³-hybridized carbons (Fsp3) is 0.174. The van der Waals surface area contributed by atoms with Gasteiger partial charge in [0.1, 0.15) is 15.8 Å². The first-order valence-electron chi connectivity index (χ1n) is 9.58. The van der Waals surface area contributed by atoms with Gasteiger partial charge in [0.15, 0.2) is 0 Å². The summed E-state index contributed by atoms with van der Waals surface area (Å²) in [5, 5.41) is 7.51. The lowest BCUT2D eigenvalue weighted by atomic mass is 10.0. The number of aryl methyl sites for hydroxylation is 1. The van der Waals surface area contributed by atoms with Crippen molar-refractivity contribution in [3.05, 3.63) is 70.8 Å². The van der Waals surface area contributed by atoms with Crippen LogP contribution in [-0.4, -0.2) is 26.1 Å². The molecule has 0 bridgehead atoms. The molecule has 5 nitrogen and oxygen atoms in total. The fourth-order valence-electron chi connectivity index (χ4n) is 3.22. The minimum atomic E-state index is -0.180. The summed E-state index contributed by atoms with van der Waals surface area (Å²) in [5.41, 5.74) is 4.62. The van der Waals surface area contributed by atoms with Crippen molar-refractivity contribution in [1.29, 1.82) is 0 Å². The number of aromatic nitrogens is 2. The highest BCUT2D eigenvalue weighted by Crippen LogP contribution is 2.33. The van der Waals surface area contributed by atoms with E-state index in [-0.39, 0.29) is 12.0 Å². The Bertz CT molecular complexity index is 1150. The van der Waals surface area contributed by atoms with Gasteiger partial charge in [-0.3, -0.25) is 4.79 Å². The van der Waals surface area contributed by atoms with E-state index >= 15 is 0 Å². The van der Waals surface area contributed by atoms with Crippen LogP contribution in [0.3, 0.4) is 0 Å². The van der Waals surface area contributed by atoms with Crippen molar-refractivity contribution in [2.45, 2.75) is 26.9 Å². The number of amides is 1. The Balaban J connectivity index is 1.82. The number of carbonyl (C=O) groups excluding carboxylic acids is 1. The topological polar surface area (TPSA) is 56.1 Å². The maximum absolute atomic E-state index is 12.2. The van der Waals surface area contributed by atoms with E-state index in [0.717, 1.165) is 33.8 Å². The monoisotopic (exact) mass is 435 g/mol. The van der Waals surface area contributed by atoms with Crippen LogP contribution in [0.4, 0.5) is 0 Å². The average molecular weight is 436 g/mol. The molecule has 1 amide bonds.